The van der Waals surface area contributed by atoms with Crippen molar-refractivity contribution in [1.29, 1.82) is 0 Å². The molecule has 0 nitrogen and oxygen atoms in total. The first-order valence-corrected chi connectivity index (χ1v) is 37.9. The van der Waals surface area contributed by atoms with Gasteiger partial charge >= 0.3 is 0 Å². The van der Waals surface area contributed by atoms with Crippen molar-refractivity contribution >= 4 is 183 Å². The molecular formula is C110H76. The quantitative estimate of drug-likeness (QED) is 0.105. The summed E-state index contributed by atoms with van der Waals surface area (Å²) in [5.41, 5.74) is 0. The molecular weight excluding hydrogens is 1320 g/mol. The fraction of sp³-hybridized carbons (Fsp3) is 0. The number of fused-ring (bicyclic) bond motifs is 8. The molecule has 0 aliphatic rings. The van der Waals surface area contributed by atoms with Crippen LogP contribution in [0.2, 0.25) is 0 Å². The van der Waals surface area contributed by atoms with E-state index in [1.165, 1.54) is 183 Å². The van der Waals surface area contributed by atoms with Crippen molar-refractivity contribution in [3.8, 4) is 0 Å². The molecule has 0 aliphatic heterocycles. The number of rotatable bonds is 0. The van der Waals surface area contributed by atoms with Gasteiger partial charge in [0.15, 0.2) is 0 Å². The van der Waals surface area contributed by atoms with Gasteiger partial charge < -0.3 is 0 Å². The van der Waals surface area contributed by atoms with Crippen molar-refractivity contribution in [3.63, 3.8) is 0 Å². The molecule has 0 heterocycles. The van der Waals surface area contributed by atoms with Gasteiger partial charge in [0.25, 0.3) is 0 Å². The van der Waals surface area contributed by atoms with Gasteiger partial charge in [0.1, 0.15) is 0 Å². The average Bonchev–Trinajstić information content (AvgIpc) is 0.758. The van der Waals surface area contributed by atoms with E-state index in [-0.39, 0.29) is 0 Å². The number of benzene rings is 25. The number of hydrogen-bond donors (Lipinski definition) is 0. The third-order valence-corrected chi connectivity index (χ3v) is 21.3. The lowest BCUT2D eigenvalue weighted by Gasteiger charge is -2.09. The van der Waals surface area contributed by atoms with Crippen molar-refractivity contribution in [2.75, 3.05) is 0 Å². The fourth-order valence-electron chi connectivity index (χ4n) is 15.9. The molecule has 0 bridgehead atoms. The molecule has 25 rings (SSSR count). The summed E-state index contributed by atoms with van der Waals surface area (Å²) in [7, 11) is 0. The van der Waals surface area contributed by atoms with Gasteiger partial charge in [-0.25, -0.2) is 0 Å². The first kappa shape index (κ1) is 67.6. The topological polar surface area (TPSA) is 0 Å². The normalized spacial score (nSPS) is 11.1. The third kappa shape index (κ3) is 14.3. The van der Waals surface area contributed by atoms with E-state index in [9.17, 15) is 0 Å². The standard InChI is InChI=1S/3C16H10.3C14H10.2C10H8/c3*1-3-11-7-9-13-5-2-6-14-10-8-12(4-1)15(11)16(13)14;3*1-2-6-12-10-14-8-4-3-7-13(14)9-11(12)5-1;2*1-2-6-10-8-4-3-7-9(10)5-1/h3*1-10H;3*1-10H;2*1-8H. The van der Waals surface area contributed by atoms with E-state index in [1.54, 1.807) is 0 Å². The molecule has 0 radical (unpaired) electrons. The second-order valence-electron chi connectivity index (χ2n) is 28.2. The van der Waals surface area contributed by atoms with Crippen molar-refractivity contribution in [2.24, 2.45) is 0 Å². The lowest BCUT2D eigenvalue weighted by atomic mass is 9.95. The predicted octanol–water partition coefficient (Wildman–Crippen LogP) is 31.4. The summed E-state index contributed by atoms with van der Waals surface area (Å²) in [5.74, 6) is 0. The maximum atomic E-state index is 2.24. The van der Waals surface area contributed by atoms with Crippen LogP contribution >= 0.6 is 0 Å². The summed E-state index contributed by atoms with van der Waals surface area (Å²) in [6.07, 6.45) is 0. The van der Waals surface area contributed by atoms with Crippen LogP contribution in [0.15, 0.2) is 461 Å². The van der Waals surface area contributed by atoms with Crippen LogP contribution in [0, 0.1) is 0 Å². The van der Waals surface area contributed by atoms with Crippen LogP contribution in [-0.2, 0) is 0 Å². The van der Waals surface area contributed by atoms with Crippen molar-refractivity contribution in [3.05, 3.63) is 461 Å². The highest BCUT2D eigenvalue weighted by atomic mass is 14.1. The van der Waals surface area contributed by atoms with Crippen LogP contribution < -0.4 is 0 Å². The van der Waals surface area contributed by atoms with E-state index >= 15 is 0 Å². The Morgan fingerprint density at radius 1 is 0.0636 bits per heavy atom. The number of hydrogen-bond acceptors (Lipinski definition) is 0. The third-order valence-electron chi connectivity index (χ3n) is 21.3. The Morgan fingerprint density at radius 3 is 0.245 bits per heavy atom. The molecule has 0 saturated carbocycles. The zero-order chi connectivity index (χ0) is 73.4. The van der Waals surface area contributed by atoms with Gasteiger partial charge in [-0.2, -0.15) is 0 Å². The molecule has 0 saturated heterocycles. The first-order chi connectivity index (χ1) is 54.5. The molecule has 516 valence electrons. The van der Waals surface area contributed by atoms with E-state index in [2.05, 4.69) is 461 Å². The molecule has 0 amide bonds. The SMILES string of the molecule is c1cc2ccc3cccc4ccc(c1)c2c34.c1cc2ccc3cccc4ccc(c1)c2c34.c1cc2ccc3cccc4ccc(c1)c2c34.c1ccc2cc3ccccc3cc2c1.c1ccc2cc3ccccc3cc2c1.c1ccc2cc3ccccc3cc2c1.c1ccc2ccccc2c1.c1ccc2ccccc2c1. The molecule has 110 heavy (non-hydrogen) atoms. The Kier molecular flexibility index (Phi) is 19.1. The Morgan fingerprint density at radius 2 is 0.145 bits per heavy atom. The maximum absolute atomic E-state index is 2.24. The van der Waals surface area contributed by atoms with E-state index in [4.69, 9.17) is 0 Å². The summed E-state index contributed by atoms with van der Waals surface area (Å²) < 4.78 is 0. The highest BCUT2D eigenvalue weighted by Gasteiger charge is 2.10. The highest BCUT2D eigenvalue weighted by Crippen LogP contribution is 2.38. The molecule has 0 aromatic heterocycles. The molecule has 0 atom stereocenters. The van der Waals surface area contributed by atoms with Gasteiger partial charge in [-0.1, -0.05) is 425 Å². The minimum absolute atomic E-state index is 1.31. The fourth-order valence-corrected chi connectivity index (χ4v) is 15.9. The average molecular weight is 1400 g/mol. The van der Waals surface area contributed by atoms with Crippen LogP contribution in [0.4, 0.5) is 0 Å². The highest BCUT2D eigenvalue weighted by molar-refractivity contribution is 6.25. The molecule has 0 heteroatoms. The van der Waals surface area contributed by atoms with Crippen molar-refractivity contribution in [2.45, 2.75) is 0 Å². The maximum Gasteiger partial charge on any atom is -0.00268 e. The second-order valence-corrected chi connectivity index (χ2v) is 28.2. The second kappa shape index (κ2) is 31.0. The summed E-state index contributed by atoms with van der Waals surface area (Å²) >= 11 is 0. The molecule has 0 unspecified atom stereocenters. The van der Waals surface area contributed by atoms with Crippen molar-refractivity contribution < 1.29 is 0 Å². The molecule has 0 N–H and O–H groups in total. The minimum Gasteiger partial charge on any atom is -0.0616 e. The van der Waals surface area contributed by atoms with Gasteiger partial charge in [-0.3, -0.25) is 0 Å². The molecule has 0 spiro atoms. The molecule has 0 aliphatic carbocycles. The summed E-state index contributed by atoms with van der Waals surface area (Å²) in [5, 5.41) is 45.4. The molecule has 0 fully saturated rings. The van der Waals surface area contributed by atoms with Gasteiger partial charge in [0.05, 0.1) is 0 Å². The molecule has 25 aromatic rings. The largest absolute Gasteiger partial charge is 0.0616 e. The zero-order valence-electron chi connectivity index (χ0n) is 60.9. The first-order valence-electron chi connectivity index (χ1n) is 37.9. The van der Waals surface area contributed by atoms with Crippen LogP contribution in [0.25, 0.3) is 183 Å². The smallest absolute Gasteiger partial charge is 0.00268 e. The van der Waals surface area contributed by atoms with Crippen LogP contribution in [0.5, 0.6) is 0 Å². The van der Waals surface area contributed by atoms with Crippen molar-refractivity contribution in [1.82, 2.24) is 0 Å². The zero-order valence-corrected chi connectivity index (χ0v) is 60.9. The Labute approximate surface area is 639 Å². The van der Waals surface area contributed by atoms with E-state index in [0.717, 1.165) is 0 Å². The van der Waals surface area contributed by atoms with E-state index in [1.807, 2.05) is 0 Å². The van der Waals surface area contributed by atoms with E-state index in [0.29, 0.717) is 0 Å². The van der Waals surface area contributed by atoms with Gasteiger partial charge in [0.2, 0.25) is 0 Å². The Balaban J connectivity index is 0.0000000887. The predicted molar refractivity (Wildman–Crippen MR) is 483 cm³/mol. The van der Waals surface area contributed by atoms with Crippen LogP contribution in [0.1, 0.15) is 0 Å². The summed E-state index contributed by atoms with van der Waals surface area (Å²) in [6.45, 7) is 0. The van der Waals surface area contributed by atoms with E-state index < -0.39 is 0 Å². The van der Waals surface area contributed by atoms with Crippen LogP contribution in [0.3, 0.4) is 0 Å². The minimum atomic E-state index is 1.31. The van der Waals surface area contributed by atoms with Gasteiger partial charge in [0, 0.05) is 0 Å². The summed E-state index contributed by atoms with van der Waals surface area (Å²) in [4.78, 5) is 0. The monoisotopic (exact) mass is 1400 g/mol. The van der Waals surface area contributed by atoms with Crippen LogP contribution in [-0.4, -0.2) is 0 Å². The van der Waals surface area contributed by atoms with Gasteiger partial charge in [-0.05, 0) is 220 Å². The van der Waals surface area contributed by atoms with Gasteiger partial charge in [-0.15, -0.1) is 0 Å². The summed E-state index contributed by atoms with van der Waals surface area (Å²) in [6, 6.07) is 163. The lowest BCUT2D eigenvalue weighted by Crippen LogP contribution is -1.82. The Bertz CT molecular complexity index is 5990. The molecule has 25 aromatic carbocycles. The lowest BCUT2D eigenvalue weighted by molar-refractivity contribution is 1.75. The Hall–Kier alpha value is -14.3.